The predicted molar refractivity (Wildman–Crippen MR) is 67.6 cm³/mol. The van der Waals surface area contributed by atoms with Crippen LogP contribution in [0.15, 0.2) is 36.5 Å². The molecule has 16 heavy (non-hydrogen) atoms. The van der Waals surface area contributed by atoms with Crippen molar-refractivity contribution in [3.05, 3.63) is 36.5 Å². The average Bonchev–Trinajstić information content (AvgIpc) is 2.27. The lowest BCUT2D eigenvalue weighted by Crippen LogP contribution is -2.20. The molecule has 1 fully saturated rings. The van der Waals surface area contributed by atoms with Crippen molar-refractivity contribution in [3.8, 4) is 0 Å². The van der Waals surface area contributed by atoms with Crippen LogP contribution >= 0.6 is 0 Å². The van der Waals surface area contributed by atoms with Crippen LogP contribution in [0.4, 0.5) is 5.69 Å². The van der Waals surface area contributed by atoms with E-state index in [1.54, 1.807) is 0 Å². The predicted octanol–water partition coefficient (Wildman–Crippen LogP) is 3.45. The normalized spacial score (nSPS) is 16.0. The number of benzene rings is 1. The number of nitrogens with zero attached hydrogens (tertiary/aromatic N) is 1. The first-order valence-corrected chi connectivity index (χ1v) is 6.00. The highest BCUT2D eigenvalue weighted by molar-refractivity contribution is 5.81. The van der Waals surface area contributed by atoms with Crippen molar-refractivity contribution in [2.75, 3.05) is 11.9 Å². The highest BCUT2D eigenvalue weighted by Crippen LogP contribution is 2.26. The van der Waals surface area contributed by atoms with Gasteiger partial charge in [-0.25, -0.2) is 0 Å². The van der Waals surface area contributed by atoms with E-state index >= 15 is 0 Å². The van der Waals surface area contributed by atoms with Crippen molar-refractivity contribution < 1.29 is 0 Å². The summed E-state index contributed by atoms with van der Waals surface area (Å²) in [6.45, 7) is 1.10. The van der Waals surface area contributed by atoms with Gasteiger partial charge in [0.1, 0.15) is 0 Å². The Morgan fingerprint density at radius 2 is 2.12 bits per heavy atom. The number of hydrogen-bond donors (Lipinski definition) is 1. The molecule has 2 aromatic rings. The van der Waals surface area contributed by atoms with Gasteiger partial charge < -0.3 is 5.32 Å². The molecule has 3 rings (SSSR count). The fourth-order valence-electron chi connectivity index (χ4n) is 2.13. The molecule has 1 saturated carbocycles. The van der Waals surface area contributed by atoms with Crippen LogP contribution in [0.1, 0.15) is 19.3 Å². The van der Waals surface area contributed by atoms with E-state index in [0.29, 0.717) is 0 Å². The Bertz CT molecular complexity index is 489. The van der Waals surface area contributed by atoms with Crippen molar-refractivity contribution >= 4 is 16.6 Å². The zero-order chi connectivity index (χ0) is 10.8. The van der Waals surface area contributed by atoms with Gasteiger partial charge in [0.2, 0.25) is 0 Å². The molecule has 0 radical (unpaired) electrons. The fourth-order valence-corrected chi connectivity index (χ4v) is 2.13. The van der Waals surface area contributed by atoms with E-state index in [4.69, 9.17) is 0 Å². The van der Waals surface area contributed by atoms with E-state index in [1.165, 1.54) is 24.6 Å². The van der Waals surface area contributed by atoms with Crippen molar-refractivity contribution in [2.24, 2.45) is 5.92 Å². The SMILES string of the molecule is c1ccc2ncc(NCC3CCC3)cc2c1. The maximum atomic E-state index is 4.44. The number of aromatic nitrogens is 1. The second kappa shape index (κ2) is 4.12. The molecule has 2 nitrogen and oxygen atoms in total. The minimum atomic E-state index is 0.881. The number of hydrogen-bond acceptors (Lipinski definition) is 2. The maximum Gasteiger partial charge on any atom is 0.0703 e. The molecule has 1 aliphatic rings. The summed E-state index contributed by atoms with van der Waals surface area (Å²) in [7, 11) is 0. The largest absolute Gasteiger partial charge is 0.384 e. The van der Waals surface area contributed by atoms with E-state index in [9.17, 15) is 0 Å². The summed E-state index contributed by atoms with van der Waals surface area (Å²) in [5, 5.41) is 4.69. The van der Waals surface area contributed by atoms with Gasteiger partial charge in [-0.2, -0.15) is 0 Å². The fraction of sp³-hybridized carbons (Fsp3) is 0.357. The number of anilines is 1. The lowest BCUT2D eigenvalue weighted by molar-refractivity contribution is 0.333. The summed E-state index contributed by atoms with van der Waals surface area (Å²) < 4.78 is 0. The molecule has 1 aliphatic carbocycles. The summed E-state index contributed by atoms with van der Waals surface area (Å²) in [6.07, 6.45) is 6.10. The molecule has 0 bridgehead atoms. The summed E-state index contributed by atoms with van der Waals surface area (Å²) in [5.74, 6) is 0.881. The van der Waals surface area contributed by atoms with Crippen LogP contribution < -0.4 is 5.32 Å². The van der Waals surface area contributed by atoms with Crippen LogP contribution in [0.25, 0.3) is 10.9 Å². The first-order chi connectivity index (χ1) is 7.92. The van der Waals surface area contributed by atoms with Gasteiger partial charge in [0.15, 0.2) is 0 Å². The Labute approximate surface area is 95.7 Å². The summed E-state index contributed by atoms with van der Waals surface area (Å²) in [4.78, 5) is 4.44. The molecule has 2 heteroatoms. The monoisotopic (exact) mass is 212 g/mol. The number of para-hydroxylation sites is 1. The number of nitrogens with one attached hydrogen (secondary N) is 1. The van der Waals surface area contributed by atoms with Crippen molar-refractivity contribution in [1.29, 1.82) is 0 Å². The van der Waals surface area contributed by atoms with Gasteiger partial charge in [0.25, 0.3) is 0 Å². The molecular formula is C14H16N2. The van der Waals surface area contributed by atoms with Crippen molar-refractivity contribution in [3.63, 3.8) is 0 Å². The van der Waals surface area contributed by atoms with Gasteiger partial charge in [-0.3, -0.25) is 4.98 Å². The molecule has 0 spiro atoms. The third-order valence-electron chi connectivity index (χ3n) is 3.41. The molecule has 0 atom stereocenters. The van der Waals surface area contributed by atoms with E-state index in [0.717, 1.165) is 23.7 Å². The third kappa shape index (κ3) is 1.87. The Morgan fingerprint density at radius 3 is 2.94 bits per heavy atom. The van der Waals surface area contributed by atoms with Gasteiger partial charge >= 0.3 is 0 Å². The Balaban J connectivity index is 1.76. The minimum absolute atomic E-state index is 0.881. The lowest BCUT2D eigenvalue weighted by atomic mass is 9.85. The Kier molecular flexibility index (Phi) is 2.49. The number of fused-ring (bicyclic) bond motifs is 1. The quantitative estimate of drug-likeness (QED) is 0.843. The zero-order valence-electron chi connectivity index (χ0n) is 9.32. The summed E-state index contributed by atoms with van der Waals surface area (Å²) in [5.41, 5.74) is 2.21. The smallest absolute Gasteiger partial charge is 0.0703 e. The molecule has 1 aromatic carbocycles. The molecule has 0 aliphatic heterocycles. The molecule has 82 valence electrons. The first kappa shape index (κ1) is 9.64. The molecule has 1 heterocycles. The van der Waals surface area contributed by atoms with Crippen LogP contribution in [-0.2, 0) is 0 Å². The molecule has 0 unspecified atom stereocenters. The Hall–Kier alpha value is -1.57. The van der Waals surface area contributed by atoms with E-state index in [1.807, 2.05) is 18.3 Å². The van der Waals surface area contributed by atoms with Gasteiger partial charge in [-0.1, -0.05) is 24.6 Å². The highest BCUT2D eigenvalue weighted by Gasteiger charge is 2.16. The molecule has 0 amide bonds. The maximum absolute atomic E-state index is 4.44. The molecule has 1 N–H and O–H groups in total. The van der Waals surface area contributed by atoms with E-state index in [-0.39, 0.29) is 0 Å². The molecule has 1 aromatic heterocycles. The van der Waals surface area contributed by atoms with Gasteiger partial charge in [0, 0.05) is 11.9 Å². The van der Waals surface area contributed by atoms with Crippen molar-refractivity contribution in [2.45, 2.75) is 19.3 Å². The highest BCUT2D eigenvalue weighted by atomic mass is 14.9. The van der Waals surface area contributed by atoms with Crippen LogP contribution in [0.5, 0.6) is 0 Å². The topological polar surface area (TPSA) is 24.9 Å². The van der Waals surface area contributed by atoms with Crippen LogP contribution in [-0.4, -0.2) is 11.5 Å². The number of rotatable bonds is 3. The van der Waals surface area contributed by atoms with Crippen LogP contribution in [0.2, 0.25) is 0 Å². The van der Waals surface area contributed by atoms with Crippen molar-refractivity contribution in [1.82, 2.24) is 4.98 Å². The number of pyridine rings is 1. The minimum Gasteiger partial charge on any atom is -0.384 e. The standard InChI is InChI=1S/C14H16N2/c1-2-7-14-12(6-1)8-13(10-16-14)15-9-11-4-3-5-11/h1-2,6-8,10-11,15H,3-5,9H2. The Morgan fingerprint density at radius 1 is 1.25 bits per heavy atom. The lowest BCUT2D eigenvalue weighted by Gasteiger charge is -2.25. The van der Waals surface area contributed by atoms with Crippen LogP contribution in [0, 0.1) is 5.92 Å². The second-order valence-corrected chi connectivity index (χ2v) is 4.59. The first-order valence-electron chi connectivity index (χ1n) is 6.00. The van der Waals surface area contributed by atoms with Crippen LogP contribution in [0.3, 0.4) is 0 Å². The van der Waals surface area contributed by atoms with Gasteiger partial charge in [-0.05, 0) is 30.9 Å². The van der Waals surface area contributed by atoms with Gasteiger partial charge in [0.05, 0.1) is 17.4 Å². The molecular weight excluding hydrogens is 196 g/mol. The zero-order valence-corrected chi connectivity index (χ0v) is 9.32. The summed E-state index contributed by atoms with van der Waals surface area (Å²) in [6, 6.07) is 10.4. The van der Waals surface area contributed by atoms with E-state index < -0.39 is 0 Å². The second-order valence-electron chi connectivity index (χ2n) is 4.59. The summed E-state index contributed by atoms with van der Waals surface area (Å²) >= 11 is 0. The van der Waals surface area contributed by atoms with Gasteiger partial charge in [-0.15, -0.1) is 0 Å². The third-order valence-corrected chi connectivity index (χ3v) is 3.41. The average molecular weight is 212 g/mol. The van der Waals surface area contributed by atoms with E-state index in [2.05, 4.69) is 28.5 Å². The molecule has 0 saturated heterocycles.